The first kappa shape index (κ1) is 15.6. The lowest BCUT2D eigenvalue weighted by Gasteiger charge is -2.11. The third-order valence-electron chi connectivity index (χ3n) is 2.95. The summed E-state index contributed by atoms with van der Waals surface area (Å²) in [5.41, 5.74) is -3.09. The van der Waals surface area contributed by atoms with E-state index >= 15 is 0 Å². The molecule has 0 aliphatic rings. The maximum Gasteiger partial charge on any atom is 0.419 e. The molecule has 0 saturated carbocycles. The Morgan fingerprint density at radius 3 is 2.32 bits per heavy atom. The van der Waals surface area contributed by atoms with Gasteiger partial charge in [0.25, 0.3) is 5.69 Å². The normalized spacial score (nSPS) is 11.3. The second kappa shape index (κ2) is 5.55. The van der Waals surface area contributed by atoms with Crippen LogP contribution in [0.4, 0.5) is 23.2 Å². The zero-order chi connectivity index (χ0) is 16.5. The summed E-state index contributed by atoms with van der Waals surface area (Å²) in [5, 5.41) is 11.0. The van der Waals surface area contributed by atoms with Crippen LogP contribution in [0.2, 0.25) is 0 Å². The highest BCUT2D eigenvalue weighted by Gasteiger charge is 2.35. The van der Waals surface area contributed by atoms with E-state index in [2.05, 4.69) is 0 Å². The molecule has 0 N–H and O–H groups in total. The molecule has 0 bridgehead atoms. The molecule has 0 unspecified atom stereocenters. The third-order valence-corrected chi connectivity index (χ3v) is 2.95. The first-order valence-corrected chi connectivity index (χ1v) is 5.85. The van der Waals surface area contributed by atoms with Crippen LogP contribution in [-0.4, -0.2) is 11.2 Å². The highest BCUT2D eigenvalue weighted by molar-refractivity contribution is 5.82. The fraction of sp³-hybridized carbons (Fsp3) is 0.0714. The van der Waals surface area contributed by atoms with Crippen molar-refractivity contribution in [3.05, 3.63) is 63.5 Å². The minimum atomic E-state index is -4.92. The van der Waals surface area contributed by atoms with Gasteiger partial charge in [0.1, 0.15) is 12.1 Å². The van der Waals surface area contributed by atoms with E-state index < -0.39 is 33.7 Å². The Hall–Kier alpha value is -2.77. The molecule has 0 aliphatic heterocycles. The first-order valence-electron chi connectivity index (χ1n) is 5.85. The van der Waals surface area contributed by atoms with Crippen LogP contribution < -0.4 is 0 Å². The van der Waals surface area contributed by atoms with Crippen molar-refractivity contribution in [2.24, 2.45) is 0 Å². The summed E-state index contributed by atoms with van der Waals surface area (Å²) in [6, 6.07) is 5.59. The van der Waals surface area contributed by atoms with Gasteiger partial charge in [-0.15, -0.1) is 0 Å². The summed E-state index contributed by atoms with van der Waals surface area (Å²) in [7, 11) is 0. The molecular weight excluding hydrogens is 306 g/mol. The molecule has 2 aromatic carbocycles. The van der Waals surface area contributed by atoms with E-state index in [0.29, 0.717) is 12.4 Å². The zero-order valence-corrected chi connectivity index (χ0v) is 10.7. The molecule has 0 atom stereocenters. The number of alkyl halides is 3. The number of hydrogen-bond acceptors (Lipinski definition) is 3. The van der Waals surface area contributed by atoms with Crippen LogP contribution in [0.1, 0.15) is 15.9 Å². The second-order valence-corrected chi connectivity index (χ2v) is 4.32. The van der Waals surface area contributed by atoms with Crippen LogP contribution in [0.25, 0.3) is 11.1 Å². The number of carbonyl (C=O) groups is 1. The minimum absolute atomic E-state index is 0.0390. The zero-order valence-electron chi connectivity index (χ0n) is 10.7. The average Bonchev–Trinajstić information content (AvgIpc) is 2.45. The van der Waals surface area contributed by atoms with E-state index in [-0.39, 0.29) is 11.1 Å². The Morgan fingerprint density at radius 1 is 1.09 bits per heavy atom. The fourth-order valence-corrected chi connectivity index (χ4v) is 1.96. The molecule has 0 saturated heterocycles. The van der Waals surface area contributed by atoms with Crippen molar-refractivity contribution in [3.63, 3.8) is 0 Å². The number of nitrogens with zero attached hydrogens (tertiary/aromatic N) is 1. The van der Waals surface area contributed by atoms with Crippen LogP contribution in [0.3, 0.4) is 0 Å². The van der Waals surface area contributed by atoms with E-state index in [9.17, 15) is 32.5 Å². The minimum Gasteiger partial charge on any atom is -0.298 e. The van der Waals surface area contributed by atoms with Gasteiger partial charge in [0.15, 0.2) is 0 Å². The van der Waals surface area contributed by atoms with E-state index in [1.54, 1.807) is 0 Å². The maximum absolute atomic E-state index is 14.1. The SMILES string of the molecule is O=Cc1ccc(-c2cccc(C(F)(F)F)c2F)c([N+](=O)[O-])c1. The van der Waals surface area contributed by atoms with Crippen molar-refractivity contribution < 1.29 is 27.3 Å². The Morgan fingerprint density at radius 2 is 1.77 bits per heavy atom. The number of halogens is 4. The van der Waals surface area contributed by atoms with E-state index in [0.717, 1.165) is 30.3 Å². The quantitative estimate of drug-likeness (QED) is 0.369. The predicted octanol–water partition coefficient (Wildman–Crippen LogP) is 4.23. The van der Waals surface area contributed by atoms with Crippen molar-refractivity contribution in [2.45, 2.75) is 6.18 Å². The van der Waals surface area contributed by atoms with Gasteiger partial charge < -0.3 is 0 Å². The molecule has 4 nitrogen and oxygen atoms in total. The summed E-state index contributed by atoms with van der Waals surface area (Å²) >= 11 is 0. The molecule has 114 valence electrons. The van der Waals surface area contributed by atoms with Crippen molar-refractivity contribution in [2.75, 3.05) is 0 Å². The number of carbonyl (C=O) groups excluding carboxylic acids is 1. The molecule has 0 fully saturated rings. The predicted molar refractivity (Wildman–Crippen MR) is 68.9 cm³/mol. The smallest absolute Gasteiger partial charge is 0.298 e. The van der Waals surface area contributed by atoms with Crippen LogP contribution in [-0.2, 0) is 6.18 Å². The Bertz CT molecular complexity index is 756. The molecule has 0 heterocycles. The van der Waals surface area contributed by atoms with Gasteiger partial charge in [0.05, 0.1) is 16.1 Å². The summed E-state index contributed by atoms with van der Waals surface area (Å²) in [6.45, 7) is 0. The molecule has 2 aromatic rings. The fourth-order valence-electron chi connectivity index (χ4n) is 1.96. The van der Waals surface area contributed by atoms with Gasteiger partial charge in [0.2, 0.25) is 0 Å². The molecule has 8 heteroatoms. The molecule has 0 spiro atoms. The number of hydrogen-bond donors (Lipinski definition) is 0. The molecule has 2 rings (SSSR count). The van der Waals surface area contributed by atoms with Crippen LogP contribution in [0.15, 0.2) is 36.4 Å². The highest BCUT2D eigenvalue weighted by atomic mass is 19.4. The largest absolute Gasteiger partial charge is 0.419 e. The van der Waals surface area contributed by atoms with Crippen molar-refractivity contribution in [1.82, 2.24) is 0 Å². The van der Waals surface area contributed by atoms with Gasteiger partial charge in [-0.2, -0.15) is 13.2 Å². The molecule has 0 amide bonds. The van der Waals surface area contributed by atoms with Crippen molar-refractivity contribution in [1.29, 1.82) is 0 Å². The molecule has 0 radical (unpaired) electrons. The average molecular weight is 313 g/mol. The number of nitro groups is 1. The van der Waals surface area contributed by atoms with E-state index in [4.69, 9.17) is 0 Å². The topological polar surface area (TPSA) is 60.2 Å². The van der Waals surface area contributed by atoms with Crippen LogP contribution >= 0.6 is 0 Å². The highest BCUT2D eigenvalue weighted by Crippen LogP contribution is 2.38. The lowest BCUT2D eigenvalue weighted by atomic mass is 9.99. The van der Waals surface area contributed by atoms with Crippen LogP contribution in [0, 0.1) is 15.9 Å². The summed E-state index contributed by atoms with van der Waals surface area (Å²) in [5.74, 6) is -1.60. The third kappa shape index (κ3) is 2.80. The lowest BCUT2D eigenvalue weighted by molar-refractivity contribution is -0.384. The number of rotatable bonds is 3. The Balaban J connectivity index is 2.72. The van der Waals surface area contributed by atoms with Gasteiger partial charge in [-0.05, 0) is 12.1 Å². The van der Waals surface area contributed by atoms with Gasteiger partial charge in [-0.1, -0.05) is 18.2 Å². The standard InChI is InChI=1S/C14H7F4NO3/c15-13-10(2-1-3-11(13)14(16,17)18)9-5-4-8(7-20)6-12(9)19(21)22/h1-7H. The second-order valence-electron chi connectivity index (χ2n) is 4.32. The Labute approximate surface area is 121 Å². The molecule has 0 aliphatic carbocycles. The van der Waals surface area contributed by atoms with Gasteiger partial charge in [-0.25, -0.2) is 4.39 Å². The van der Waals surface area contributed by atoms with Crippen LogP contribution in [0.5, 0.6) is 0 Å². The number of nitro benzene ring substituents is 1. The Kier molecular flexibility index (Phi) is 3.94. The first-order chi connectivity index (χ1) is 10.3. The molecular formula is C14H7F4NO3. The molecule has 0 aromatic heterocycles. The number of aldehydes is 1. The van der Waals surface area contributed by atoms with Gasteiger partial charge >= 0.3 is 6.18 Å². The monoisotopic (exact) mass is 313 g/mol. The van der Waals surface area contributed by atoms with Crippen molar-refractivity contribution >= 4 is 12.0 Å². The van der Waals surface area contributed by atoms with E-state index in [1.807, 2.05) is 0 Å². The maximum atomic E-state index is 14.1. The molecule has 22 heavy (non-hydrogen) atoms. The van der Waals surface area contributed by atoms with Gasteiger partial charge in [-0.3, -0.25) is 14.9 Å². The summed E-state index contributed by atoms with van der Waals surface area (Å²) < 4.78 is 52.2. The number of benzene rings is 2. The lowest BCUT2D eigenvalue weighted by Crippen LogP contribution is -2.09. The van der Waals surface area contributed by atoms with Gasteiger partial charge in [0, 0.05) is 17.2 Å². The summed E-state index contributed by atoms with van der Waals surface area (Å²) in [4.78, 5) is 20.8. The van der Waals surface area contributed by atoms with Crippen molar-refractivity contribution in [3.8, 4) is 11.1 Å². The van der Waals surface area contributed by atoms with E-state index in [1.165, 1.54) is 0 Å². The summed E-state index contributed by atoms with van der Waals surface area (Å²) in [6.07, 6.45) is -4.57.